The second-order valence-electron chi connectivity index (χ2n) is 8.27. The highest BCUT2D eigenvalue weighted by atomic mass is 16.5. The van der Waals surface area contributed by atoms with Crippen LogP contribution in [0.3, 0.4) is 0 Å². The van der Waals surface area contributed by atoms with E-state index in [1.165, 1.54) is 39.3 Å². The number of anilines is 2. The van der Waals surface area contributed by atoms with Gasteiger partial charge >= 0.3 is 11.9 Å². The molecular formula is C26H32N4O6. The topological polar surface area (TPSA) is 139 Å². The fourth-order valence-corrected chi connectivity index (χ4v) is 3.13. The molecule has 36 heavy (non-hydrogen) atoms. The molecule has 0 atom stereocenters. The van der Waals surface area contributed by atoms with Crippen LogP contribution in [0.4, 0.5) is 17.1 Å². The highest BCUT2D eigenvalue weighted by molar-refractivity contribution is 6.04. The summed E-state index contributed by atoms with van der Waals surface area (Å²) >= 11 is 0. The van der Waals surface area contributed by atoms with Crippen LogP contribution in [0.2, 0.25) is 0 Å². The number of rotatable bonds is 10. The van der Waals surface area contributed by atoms with Gasteiger partial charge in [0.15, 0.2) is 5.70 Å². The maximum atomic E-state index is 12.8. The number of aliphatic hydroxyl groups is 1. The zero-order valence-corrected chi connectivity index (χ0v) is 21.3. The van der Waals surface area contributed by atoms with E-state index in [0.717, 1.165) is 18.5 Å². The number of amides is 1. The predicted molar refractivity (Wildman–Crippen MR) is 137 cm³/mol. The quantitative estimate of drug-likeness (QED) is 0.164. The minimum absolute atomic E-state index is 0.0125. The first-order chi connectivity index (χ1) is 17.1. The van der Waals surface area contributed by atoms with Crippen LogP contribution in [0.15, 0.2) is 64.1 Å². The lowest BCUT2D eigenvalue weighted by Gasteiger charge is -2.29. The number of methoxy groups -OCH3 is 2. The van der Waals surface area contributed by atoms with E-state index in [1.807, 2.05) is 12.1 Å². The molecule has 0 heterocycles. The second-order valence-corrected chi connectivity index (χ2v) is 8.27. The van der Waals surface area contributed by atoms with Gasteiger partial charge in [-0.2, -0.15) is 0 Å². The lowest BCUT2D eigenvalue weighted by atomic mass is 9.95. The van der Waals surface area contributed by atoms with Crippen molar-refractivity contribution in [2.24, 2.45) is 10.2 Å². The van der Waals surface area contributed by atoms with E-state index >= 15 is 0 Å². The Balaban J connectivity index is 2.28. The molecule has 192 valence electrons. The number of ether oxygens (including phenoxy) is 2. The molecule has 0 fully saturated rings. The minimum Gasteiger partial charge on any atom is -0.510 e. The Labute approximate surface area is 210 Å². The summed E-state index contributed by atoms with van der Waals surface area (Å²) in [5.41, 5.74) is 1.07. The summed E-state index contributed by atoms with van der Waals surface area (Å²) in [4.78, 5) is 36.8. The van der Waals surface area contributed by atoms with Crippen molar-refractivity contribution >= 4 is 34.9 Å². The maximum absolute atomic E-state index is 12.8. The van der Waals surface area contributed by atoms with Crippen molar-refractivity contribution in [3.05, 3.63) is 65.0 Å². The van der Waals surface area contributed by atoms with Crippen LogP contribution >= 0.6 is 0 Å². The van der Waals surface area contributed by atoms with E-state index in [0.29, 0.717) is 5.69 Å². The van der Waals surface area contributed by atoms with E-state index < -0.39 is 17.8 Å². The number of nitrogens with one attached hydrogen (secondary N) is 2. The zero-order valence-electron chi connectivity index (χ0n) is 21.3. The lowest BCUT2D eigenvalue weighted by Crippen LogP contribution is -2.32. The smallest absolute Gasteiger partial charge is 0.340 e. The molecule has 0 aliphatic carbocycles. The van der Waals surface area contributed by atoms with Crippen molar-refractivity contribution in [1.82, 2.24) is 0 Å². The summed E-state index contributed by atoms with van der Waals surface area (Å²) < 4.78 is 9.42. The van der Waals surface area contributed by atoms with Crippen molar-refractivity contribution in [1.29, 1.82) is 0 Å². The van der Waals surface area contributed by atoms with Gasteiger partial charge in [-0.15, -0.1) is 10.2 Å². The normalized spacial score (nSPS) is 12.1. The molecule has 0 aliphatic heterocycles. The number of benzene rings is 2. The van der Waals surface area contributed by atoms with Gasteiger partial charge < -0.3 is 25.2 Å². The van der Waals surface area contributed by atoms with Gasteiger partial charge in [0.05, 0.1) is 25.3 Å². The molecule has 1 amide bonds. The third kappa shape index (κ3) is 7.14. The first kappa shape index (κ1) is 28.0. The number of esters is 2. The lowest BCUT2D eigenvalue weighted by molar-refractivity contribution is -0.113. The van der Waals surface area contributed by atoms with Gasteiger partial charge in [-0.1, -0.05) is 13.8 Å². The summed E-state index contributed by atoms with van der Waals surface area (Å²) in [5, 5.41) is 24.0. The Kier molecular flexibility index (Phi) is 9.72. The van der Waals surface area contributed by atoms with Crippen LogP contribution in [-0.2, 0) is 14.3 Å². The molecule has 2 aromatic carbocycles. The largest absolute Gasteiger partial charge is 0.510 e. The molecule has 10 heteroatoms. The van der Waals surface area contributed by atoms with Crippen LogP contribution in [0, 0.1) is 0 Å². The van der Waals surface area contributed by atoms with Gasteiger partial charge in [0.2, 0.25) is 0 Å². The third-order valence-corrected chi connectivity index (χ3v) is 5.79. The number of carbonyl (C=O) groups is 3. The summed E-state index contributed by atoms with van der Waals surface area (Å²) in [7, 11) is 2.41. The summed E-state index contributed by atoms with van der Waals surface area (Å²) in [6.07, 6.45) is 1.91. The van der Waals surface area contributed by atoms with Crippen molar-refractivity contribution in [3.63, 3.8) is 0 Å². The van der Waals surface area contributed by atoms with Crippen LogP contribution < -0.4 is 10.6 Å². The van der Waals surface area contributed by atoms with E-state index in [4.69, 9.17) is 4.74 Å². The van der Waals surface area contributed by atoms with Crippen LogP contribution in [0.5, 0.6) is 0 Å². The number of aliphatic hydroxyl groups excluding tert-OH is 1. The minimum atomic E-state index is -0.716. The van der Waals surface area contributed by atoms with Crippen molar-refractivity contribution in [3.8, 4) is 0 Å². The summed E-state index contributed by atoms with van der Waals surface area (Å²) in [5.74, 6) is -2.46. The third-order valence-electron chi connectivity index (χ3n) is 5.79. The highest BCUT2D eigenvalue weighted by Crippen LogP contribution is 2.26. The molecule has 0 saturated heterocycles. The van der Waals surface area contributed by atoms with E-state index in [9.17, 15) is 19.5 Å². The Hall–Kier alpha value is -4.21. The average molecular weight is 497 g/mol. The van der Waals surface area contributed by atoms with Gasteiger partial charge in [0.1, 0.15) is 11.4 Å². The number of nitrogens with zero attached hydrogens (tertiary/aromatic N) is 2. The highest BCUT2D eigenvalue weighted by Gasteiger charge is 2.20. The van der Waals surface area contributed by atoms with Crippen molar-refractivity contribution in [2.75, 3.05) is 24.9 Å². The summed E-state index contributed by atoms with van der Waals surface area (Å²) in [6.45, 7) is 7.65. The van der Waals surface area contributed by atoms with Crippen LogP contribution in [-0.4, -0.2) is 42.7 Å². The fraction of sp³-hybridized carbons (Fsp3) is 0.346. The maximum Gasteiger partial charge on any atom is 0.340 e. The number of hydrogen-bond acceptors (Lipinski definition) is 9. The van der Waals surface area contributed by atoms with Gasteiger partial charge in [0.25, 0.3) is 5.91 Å². The molecule has 0 unspecified atom stereocenters. The standard InChI is InChI=1S/C26H32N4O6/c1-7-26(4,8-2)28-19-12-10-18(11-13-19)27-23(32)22(16(3)31)30-29-21-15-17(24(33)35-5)9-14-20(21)25(34)36-6/h9-15,28,31H,7-8H2,1-6H3,(H,27,32). The molecule has 10 nitrogen and oxygen atoms in total. The molecule has 2 aromatic rings. The van der Waals surface area contributed by atoms with E-state index in [1.54, 1.807) is 12.1 Å². The Morgan fingerprint density at radius 2 is 1.53 bits per heavy atom. The Morgan fingerprint density at radius 3 is 2.06 bits per heavy atom. The molecule has 0 bridgehead atoms. The fourth-order valence-electron chi connectivity index (χ4n) is 3.13. The van der Waals surface area contributed by atoms with Crippen molar-refractivity contribution < 1.29 is 29.0 Å². The van der Waals surface area contributed by atoms with Gasteiger partial charge in [-0.25, -0.2) is 9.59 Å². The Morgan fingerprint density at radius 1 is 0.944 bits per heavy atom. The number of hydrogen-bond donors (Lipinski definition) is 3. The van der Waals surface area contributed by atoms with Gasteiger partial charge in [0, 0.05) is 16.9 Å². The first-order valence-corrected chi connectivity index (χ1v) is 11.4. The molecule has 2 rings (SSSR count). The van der Waals surface area contributed by atoms with E-state index in [2.05, 4.69) is 46.4 Å². The van der Waals surface area contributed by atoms with E-state index in [-0.39, 0.29) is 33.8 Å². The molecule has 0 aliphatic rings. The van der Waals surface area contributed by atoms with Gasteiger partial charge in [-0.05, 0) is 69.2 Å². The molecule has 0 saturated carbocycles. The molecule has 0 radical (unpaired) electrons. The van der Waals surface area contributed by atoms with Crippen molar-refractivity contribution in [2.45, 2.75) is 46.1 Å². The second kappa shape index (κ2) is 12.5. The number of azo groups is 1. The molecule has 0 aromatic heterocycles. The van der Waals surface area contributed by atoms with Gasteiger partial charge in [-0.3, -0.25) is 4.79 Å². The summed E-state index contributed by atoms with van der Waals surface area (Å²) in [6, 6.07) is 11.1. The predicted octanol–water partition coefficient (Wildman–Crippen LogP) is 5.76. The number of carbonyl (C=O) groups excluding carboxylic acids is 3. The SMILES string of the molecule is CCC(C)(CC)Nc1ccc(NC(=O)C(N=Nc2cc(C(=O)OC)ccc2C(=O)OC)=C(C)O)cc1. The average Bonchev–Trinajstić information content (AvgIpc) is 2.88. The molecule has 3 N–H and O–H groups in total. The van der Waals surface area contributed by atoms with Crippen LogP contribution in [0.25, 0.3) is 0 Å². The zero-order chi connectivity index (χ0) is 26.9. The monoisotopic (exact) mass is 496 g/mol. The first-order valence-electron chi connectivity index (χ1n) is 11.4. The molecular weight excluding hydrogens is 464 g/mol. The van der Waals surface area contributed by atoms with Crippen LogP contribution in [0.1, 0.15) is 61.3 Å². The number of allylic oxidation sites excluding steroid dienone is 1. The molecule has 0 spiro atoms. The Bertz CT molecular complexity index is 1160.